The van der Waals surface area contributed by atoms with E-state index in [-0.39, 0.29) is 11.4 Å². The molecule has 0 aromatic carbocycles. The Hall–Kier alpha value is -0.910. The summed E-state index contributed by atoms with van der Waals surface area (Å²) < 4.78 is 0. The molecule has 19 heavy (non-hydrogen) atoms. The molecule has 1 saturated heterocycles. The van der Waals surface area contributed by atoms with Crippen LogP contribution in [0.4, 0.5) is 4.79 Å². The molecule has 5 nitrogen and oxygen atoms in total. The number of carboxylic acids is 1. The molecule has 0 bridgehead atoms. The Kier molecular flexibility index (Phi) is 4.60. The Labute approximate surface area is 118 Å². The quantitative estimate of drug-likeness (QED) is 0.842. The highest BCUT2D eigenvalue weighted by Crippen LogP contribution is 2.34. The fourth-order valence-electron chi connectivity index (χ4n) is 2.42. The van der Waals surface area contributed by atoms with Crippen molar-refractivity contribution in [3.63, 3.8) is 0 Å². The lowest BCUT2D eigenvalue weighted by Crippen LogP contribution is -2.52. The van der Waals surface area contributed by atoms with Crippen LogP contribution in [-0.2, 0) is 4.79 Å². The van der Waals surface area contributed by atoms with E-state index in [1.807, 2.05) is 11.8 Å². The summed E-state index contributed by atoms with van der Waals surface area (Å²) in [5.74, 6) is -0.398. The molecule has 108 valence electrons. The van der Waals surface area contributed by atoms with Gasteiger partial charge in [0.05, 0.1) is 5.37 Å². The third-order valence-electron chi connectivity index (χ3n) is 3.71. The molecule has 1 aliphatic heterocycles. The van der Waals surface area contributed by atoms with Crippen LogP contribution in [0.1, 0.15) is 39.5 Å². The van der Waals surface area contributed by atoms with Gasteiger partial charge in [0.1, 0.15) is 6.04 Å². The topological polar surface area (TPSA) is 60.9 Å². The van der Waals surface area contributed by atoms with Crippen molar-refractivity contribution < 1.29 is 14.7 Å². The van der Waals surface area contributed by atoms with E-state index >= 15 is 0 Å². The number of hydrogen-bond donors (Lipinski definition) is 1. The Morgan fingerprint density at radius 2 is 2.11 bits per heavy atom. The molecule has 0 aromatic rings. The van der Waals surface area contributed by atoms with Gasteiger partial charge in [0.2, 0.25) is 0 Å². The normalized spacial score (nSPS) is 26.5. The first-order valence-corrected chi connectivity index (χ1v) is 8.04. The van der Waals surface area contributed by atoms with Crippen molar-refractivity contribution in [3.05, 3.63) is 0 Å². The number of carbonyl (C=O) groups is 2. The van der Waals surface area contributed by atoms with E-state index in [4.69, 9.17) is 0 Å². The van der Waals surface area contributed by atoms with Crippen molar-refractivity contribution in [2.75, 3.05) is 12.3 Å². The highest BCUT2D eigenvalue weighted by atomic mass is 32.2. The molecular formula is C13H22N2O3S. The number of nitrogens with zero attached hydrogens (tertiary/aromatic N) is 2. The summed E-state index contributed by atoms with van der Waals surface area (Å²) in [6.45, 7) is 4.76. The summed E-state index contributed by atoms with van der Waals surface area (Å²) in [6.07, 6.45) is 4.14. The summed E-state index contributed by atoms with van der Waals surface area (Å²) in [4.78, 5) is 27.3. The lowest BCUT2D eigenvalue weighted by atomic mass is 10.2. The van der Waals surface area contributed by atoms with Gasteiger partial charge in [-0.2, -0.15) is 0 Å². The zero-order valence-electron chi connectivity index (χ0n) is 11.5. The Morgan fingerprint density at radius 3 is 2.63 bits per heavy atom. The van der Waals surface area contributed by atoms with Gasteiger partial charge in [-0.15, -0.1) is 11.8 Å². The van der Waals surface area contributed by atoms with E-state index in [1.165, 1.54) is 0 Å². The largest absolute Gasteiger partial charge is 0.480 e. The molecule has 2 rings (SSSR count). The zero-order chi connectivity index (χ0) is 14.0. The zero-order valence-corrected chi connectivity index (χ0v) is 12.4. The maximum atomic E-state index is 12.6. The first kappa shape index (κ1) is 14.5. The van der Waals surface area contributed by atoms with E-state index in [0.29, 0.717) is 11.8 Å². The van der Waals surface area contributed by atoms with E-state index in [9.17, 15) is 14.7 Å². The van der Waals surface area contributed by atoms with Crippen LogP contribution >= 0.6 is 11.8 Å². The fourth-order valence-corrected chi connectivity index (χ4v) is 3.58. The van der Waals surface area contributed by atoms with Gasteiger partial charge in [-0.05, 0) is 26.2 Å². The number of hydrogen-bond acceptors (Lipinski definition) is 3. The van der Waals surface area contributed by atoms with E-state index in [0.717, 1.165) is 32.2 Å². The van der Waals surface area contributed by atoms with Crippen molar-refractivity contribution in [2.45, 2.75) is 57.0 Å². The third-order valence-corrected chi connectivity index (χ3v) is 4.93. The Bertz CT molecular complexity index is 360. The molecule has 2 fully saturated rings. The van der Waals surface area contributed by atoms with Gasteiger partial charge in [0, 0.05) is 18.3 Å². The Morgan fingerprint density at radius 1 is 1.42 bits per heavy atom. The molecule has 6 heteroatoms. The van der Waals surface area contributed by atoms with Crippen LogP contribution in [0.15, 0.2) is 0 Å². The number of unbranched alkanes of at least 4 members (excludes halogenated alkanes) is 1. The predicted molar refractivity (Wildman–Crippen MR) is 75.2 cm³/mol. The van der Waals surface area contributed by atoms with Crippen molar-refractivity contribution in [3.8, 4) is 0 Å². The minimum atomic E-state index is -0.892. The lowest BCUT2D eigenvalue weighted by Gasteiger charge is -2.32. The molecule has 1 aliphatic carbocycles. The van der Waals surface area contributed by atoms with Gasteiger partial charge >= 0.3 is 12.0 Å². The molecule has 2 atom stereocenters. The maximum absolute atomic E-state index is 12.6. The SMILES string of the molecule is CCCCN(C(=O)N1C(C)SCC1C(=O)O)C1CC1. The van der Waals surface area contributed by atoms with Crippen LogP contribution in [0, 0.1) is 0 Å². The second-order valence-electron chi connectivity index (χ2n) is 5.25. The van der Waals surface area contributed by atoms with Crippen LogP contribution in [0.5, 0.6) is 0 Å². The van der Waals surface area contributed by atoms with E-state index in [2.05, 4.69) is 6.92 Å². The average molecular weight is 286 g/mol. The van der Waals surface area contributed by atoms with Gasteiger partial charge in [0.15, 0.2) is 0 Å². The minimum Gasteiger partial charge on any atom is -0.480 e. The minimum absolute atomic E-state index is 0.0449. The van der Waals surface area contributed by atoms with Crippen LogP contribution in [0.3, 0.4) is 0 Å². The lowest BCUT2D eigenvalue weighted by molar-refractivity contribution is -0.141. The first-order valence-electron chi connectivity index (χ1n) is 6.99. The monoisotopic (exact) mass is 286 g/mol. The molecule has 2 amide bonds. The van der Waals surface area contributed by atoms with Crippen LogP contribution in [0.2, 0.25) is 0 Å². The second kappa shape index (κ2) is 6.03. The number of urea groups is 1. The van der Waals surface area contributed by atoms with Gasteiger partial charge < -0.3 is 10.0 Å². The molecular weight excluding hydrogens is 264 g/mol. The molecule has 1 heterocycles. The summed E-state index contributed by atoms with van der Waals surface area (Å²) >= 11 is 1.54. The van der Waals surface area contributed by atoms with Crippen LogP contribution in [0.25, 0.3) is 0 Å². The highest BCUT2D eigenvalue weighted by molar-refractivity contribution is 8.00. The van der Waals surface area contributed by atoms with E-state index in [1.54, 1.807) is 16.7 Å². The van der Waals surface area contributed by atoms with Crippen LogP contribution in [-0.4, -0.2) is 56.7 Å². The summed E-state index contributed by atoms with van der Waals surface area (Å²) in [6, 6.07) is -0.414. The number of carbonyl (C=O) groups excluding carboxylic acids is 1. The number of aliphatic carboxylic acids is 1. The molecule has 1 saturated carbocycles. The predicted octanol–water partition coefficient (Wildman–Crippen LogP) is 2.22. The molecule has 0 spiro atoms. The number of amides is 2. The number of rotatable bonds is 5. The van der Waals surface area contributed by atoms with E-state index < -0.39 is 12.0 Å². The smallest absolute Gasteiger partial charge is 0.327 e. The van der Waals surface area contributed by atoms with Gasteiger partial charge in [-0.3, -0.25) is 4.90 Å². The van der Waals surface area contributed by atoms with Crippen molar-refractivity contribution in [2.24, 2.45) is 0 Å². The average Bonchev–Trinajstić information content (AvgIpc) is 3.11. The first-order chi connectivity index (χ1) is 9.06. The summed E-state index contributed by atoms with van der Waals surface area (Å²) in [7, 11) is 0. The maximum Gasteiger partial charge on any atom is 0.327 e. The van der Waals surface area contributed by atoms with Gasteiger partial charge in [-0.1, -0.05) is 13.3 Å². The third kappa shape index (κ3) is 3.16. The standard InChI is InChI=1S/C13H22N2O3S/c1-3-4-7-14(10-5-6-10)13(18)15-9(2)19-8-11(15)12(16)17/h9-11H,3-8H2,1-2H3,(H,16,17). The van der Waals surface area contributed by atoms with Crippen molar-refractivity contribution >= 4 is 23.8 Å². The van der Waals surface area contributed by atoms with Crippen molar-refractivity contribution in [1.29, 1.82) is 0 Å². The number of carboxylic acid groups (broad SMARTS) is 1. The number of thioether (sulfide) groups is 1. The molecule has 0 radical (unpaired) electrons. The second-order valence-corrected chi connectivity index (χ2v) is 6.60. The van der Waals surface area contributed by atoms with Gasteiger partial charge in [-0.25, -0.2) is 9.59 Å². The Balaban J connectivity index is 2.08. The van der Waals surface area contributed by atoms with Crippen LogP contribution < -0.4 is 0 Å². The molecule has 2 aliphatic rings. The highest BCUT2D eigenvalue weighted by Gasteiger charge is 2.44. The molecule has 1 N–H and O–H groups in total. The fraction of sp³-hybridized carbons (Fsp3) is 0.846. The van der Waals surface area contributed by atoms with Gasteiger partial charge in [0.25, 0.3) is 0 Å². The summed E-state index contributed by atoms with van der Waals surface area (Å²) in [5.41, 5.74) is 0. The molecule has 0 aromatic heterocycles. The summed E-state index contributed by atoms with van der Waals surface area (Å²) in [5, 5.41) is 9.19. The molecule has 2 unspecified atom stereocenters. The van der Waals surface area contributed by atoms with Crippen molar-refractivity contribution in [1.82, 2.24) is 9.80 Å².